The Kier molecular flexibility index (Phi) is 5.64. The van der Waals surface area contributed by atoms with Gasteiger partial charge in [0.2, 0.25) is 0 Å². The summed E-state index contributed by atoms with van der Waals surface area (Å²) in [5, 5.41) is 2.14. The Morgan fingerprint density at radius 1 is 1.25 bits per heavy atom. The summed E-state index contributed by atoms with van der Waals surface area (Å²) in [5.74, 6) is 0.878. The van der Waals surface area contributed by atoms with Crippen molar-refractivity contribution in [3.63, 3.8) is 0 Å². The van der Waals surface area contributed by atoms with Crippen molar-refractivity contribution in [1.29, 1.82) is 0 Å². The Bertz CT molecular complexity index is 539. The van der Waals surface area contributed by atoms with Gasteiger partial charge in [-0.3, -0.25) is 4.90 Å². The van der Waals surface area contributed by atoms with Crippen molar-refractivity contribution in [2.75, 3.05) is 7.11 Å². The lowest BCUT2D eigenvalue weighted by molar-refractivity contribution is 0.205. The fourth-order valence-corrected chi connectivity index (χ4v) is 3.38. The van der Waals surface area contributed by atoms with Gasteiger partial charge in [-0.25, -0.2) is 0 Å². The van der Waals surface area contributed by atoms with Crippen LogP contribution in [0.1, 0.15) is 24.3 Å². The lowest BCUT2D eigenvalue weighted by atomic mass is 10.1. The van der Waals surface area contributed by atoms with Crippen LogP contribution in [0.2, 0.25) is 0 Å². The van der Waals surface area contributed by atoms with Crippen LogP contribution in [0.25, 0.3) is 0 Å². The molecule has 0 N–H and O–H groups in total. The number of nitrogens with zero attached hydrogens (tertiary/aromatic N) is 1. The topological polar surface area (TPSA) is 12.5 Å². The van der Waals surface area contributed by atoms with Gasteiger partial charge in [-0.05, 0) is 58.9 Å². The van der Waals surface area contributed by atoms with E-state index in [9.17, 15) is 0 Å². The predicted octanol–water partition coefficient (Wildman–Crippen LogP) is 4.93. The fourth-order valence-electron chi connectivity index (χ4n) is 2.07. The second kappa shape index (κ2) is 7.25. The van der Waals surface area contributed by atoms with Crippen molar-refractivity contribution in [1.82, 2.24) is 4.90 Å². The zero-order valence-electron chi connectivity index (χ0n) is 12.1. The van der Waals surface area contributed by atoms with E-state index < -0.39 is 0 Å². The molecule has 0 amide bonds. The Labute approximate surface area is 133 Å². The van der Waals surface area contributed by atoms with E-state index in [1.165, 1.54) is 10.4 Å². The first-order valence-electron chi connectivity index (χ1n) is 6.69. The van der Waals surface area contributed by atoms with Crippen LogP contribution in [0, 0.1) is 0 Å². The molecule has 1 heterocycles. The maximum Gasteiger partial charge on any atom is 0.133 e. The van der Waals surface area contributed by atoms with E-state index in [2.05, 4.69) is 64.3 Å². The monoisotopic (exact) mass is 353 g/mol. The summed E-state index contributed by atoms with van der Waals surface area (Å²) < 4.78 is 6.29. The summed E-state index contributed by atoms with van der Waals surface area (Å²) in [4.78, 5) is 3.88. The number of benzene rings is 1. The first-order chi connectivity index (χ1) is 9.60. The molecule has 0 saturated carbocycles. The molecule has 108 valence electrons. The van der Waals surface area contributed by atoms with Crippen LogP contribution < -0.4 is 4.74 Å². The molecule has 0 fully saturated rings. The minimum atomic E-state index is 0.512. The maximum atomic E-state index is 5.28. The molecule has 2 rings (SSSR count). The van der Waals surface area contributed by atoms with Gasteiger partial charge >= 0.3 is 0 Å². The van der Waals surface area contributed by atoms with E-state index in [0.717, 1.165) is 23.3 Å². The van der Waals surface area contributed by atoms with Crippen molar-refractivity contribution in [3.05, 3.63) is 50.6 Å². The molecule has 4 heteroatoms. The highest BCUT2D eigenvalue weighted by atomic mass is 79.9. The molecule has 2 nitrogen and oxygen atoms in total. The summed E-state index contributed by atoms with van der Waals surface area (Å²) >= 11 is 5.37. The normalized spacial score (nSPS) is 11.3. The van der Waals surface area contributed by atoms with Gasteiger partial charge in [-0.2, -0.15) is 0 Å². The highest BCUT2D eigenvalue weighted by molar-refractivity contribution is 9.10. The van der Waals surface area contributed by atoms with Crippen molar-refractivity contribution in [3.8, 4) is 5.75 Å². The summed E-state index contributed by atoms with van der Waals surface area (Å²) in [6.45, 7) is 6.43. The van der Waals surface area contributed by atoms with E-state index in [1.807, 2.05) is 17.4 Å². The highest BCUT2D eigenvalue weighted by Gasteiger charge is 2.12. The quantitative estimate of drug-likeness (QED) is 0.729. The van der Waals surface area contributed by atoms with Crippen molar-refractivity contribution < 1.29 is 4.74 Å². The molecule has 0 aliphatic rings. The summed E-state index contributed by atoms with van der Waals surface area (Å²) in [5.41, 5.74) is 1.29. The van der Waals surface area contributed by atoms with Gasteiger partial charge in [0, 0.05) is 24.0 Å². The number of hydrogen-bond donors (Lipinski definition) is 0. The molecule has 2 aromatic rings. The van der Waals surface area contributed by atoms with E-state index in [1.54, 1.807) is 7.11 Å². The SMILES string of the molecule is COc1ccc(CN(Cc2cccs2)C(C)C)cc1Br. The largest absolute Gasteiger partial charge is 0.496 e. The van der Waals surface area contributed by atoms with E-state index in [0.29, 0.717) is 6.04 Å². The predicted molar refractivity (Wildman–Crippen MR) is 89.4 cm³/mol. The maximum absolute atomic E-state index is 5.28. The van der Waals surface area contributed by atoms with Crippen LogP contribution in [0.3, 0.4) is 0 Å². The lowest BCUT2D eigenvalue weighted by Gasteiger charge is -2.26. The number of rotatable bonds is 6. The van der Waals surface area contributed by atoms with Gasteiger partial charge in [0.1, 0.15) is 5.75 Å². The molecule has 1 aromatic carbocycles. The molecule has 0 bridgehead atoms. The molecule has 0 unspecified atom stereocenters. The van der Waals surface area contributed by atoms with Crippen molar-refractivity contribution >= 4 is 27.3 Å². The standard InChI is InChI=1S/C16H20BrNOS/c1-12(2)18(11-14-5-4-8-20-14)10-13-6-7-16(19-3)15(17)9-13/h4-9,12H,10-11H2,1-3H3. The Morgan fingerprint density at radius 2 is 2.05 bits per heavy atom. The van der Waals surface area contributed by atoms with Gasteiger partial charge in [0.15, 0.2) is 0 Å². The summed E-state index contributed by atoms with van der Waals surface area (Å²) in [6, 6.07) is 11.1. The molecule has 0 aliphatic heterocycles. The van der Waals surface area contributed by atoms with Crippen LogP contribution in [-0.4, -0.2) is 18.1 Å². The first kappa shape index (κ1) is 15.5. The third-order valence-corrected chi connectivity index (χ3v) is 4.75. The fraction of sp³-hybridized carbons (Fsp3) is 0.375. The molecule has 20 heavy (non-hydrogen) atoms. The number of halogens is 1. The van der Waals surface area contributed by atoms with Crippen LogP contribution in [0.5, 0.6) is 5.75 Å². The average molecular weight is 354 g/mol. The minimum absolute atomic E-state index is 0.512. The van der Waals surface area contributed by atoms with Crippen molar-refractivity contribution in [2.24, 2.45) is 0 Å². The zero-order valence-corrected chi connectivity index (χ0v) is 14.5. The zero-order chi connectivity index (χ0) is 14.5. The van der Waals surface area contributed by atoms with Crippen LogP contribution in [-0.2, 0) is 13.1 Å². The molecule has 1 aromatic heterocycles. The molecule has 0 saturated heterocycles. The van der Waals surface area contributed by atoms with E-state index in [-0.39, 0.29) is 0 Å². The summed E-state index contributed by atoms with van der Waals surface area (Å²) in [7, 11) is 1.69. The Balaban J connectivity index is 2.10. The van der Waals surface area contributed by atoms with E-state index >= 15 is 0 Å². The minimum Gasteiger partial charge on any atom is -0.496 e. The van der Waals surface area contributed by atoms with Gasteiger partial charge in [-0.1, -0.05) is 12.1 Å². The van der Waals surface area contributed by atoms with Crippen LogP contribution in [0.4, 0.5) is 0 Å². The number of methoxy groups -OCH3 is 1. The average Bonchev–Trinajstić information content (AvgIpc) is 2.91. The van der Waals surface area contributed by atoms with Gasteiger partial charge in [0.25, 0.3) is 0 Å². The molecule has 0 radical (unpaired) electrons. The smallest absolute Gasteiger partial charge is 0.133 e. The van der Waals surface area contributed by atoms with Gasteiger partial charge < -0.3 is 4.74 Å². The second-order valence-corrected chi connectivity index (χ2v) is 6.93. The number of ether oxygens (including phenoxy) is 1. The van der Waals surface area contributed by atoms with Crippen LogP contribution >= 0.6 is 27.3 Å². The molecule has 0 aliphatic carbocycles. The number of thiophene rings is 1. The third-order valence-electron chi connectivity index (χ3n) is 3.27. The lowest BCUT2D eigenvalue weighted by Crippen LogP contribution is -2.29. The molecular weight excluding hydrogens is 334 g/mol. The first-order valence-corrected chi connectivity index (χ1v) is 8.36. The Morgan fingerprint density at radius 3 is 2.60 bits per heavy atom. The van der Waals surface area contributed by atoms with Crippen LogP contribution in [0.15, 0.2) is 40.2 Å². The number of hydrogen-bond acceptors (Lipinski definition) is 3. The summed E-state index contributed by atoms with van der Waals surface area (Å²) in [6.07, 6.45) is 0. The molecule has 0 atom stereocenters. The van der Waals surface area contributed by atoms with Gasteiger partial charge in [0.05, 0.1) is 11.6 Å². The third kappa shape index (κ3) is 4.08. The second-order valence-electron chi connectivity index (χ2n) is 5.05. The molecule has 0 spiro atoms. The van der Waals surface area contributed by atoms with E-state index in [4.69, 9.17) is 4.74 Å². The highest BCUT2D eigenvalue weighted by Crippen LogP contribution is 2.26. The van der Waals surface area contributed by atoms with Crippen molar-refractivity contribution in [2.45, 2.75) is 33.0 Å². The Hall–Kier alpha value is -0.840. The van der Waals surface area contributed by atoms with Gasteiger partial charge in [-0.15, -0.1) is 11.3 Å². The molecular formula is C16H20BrNOS.